The molecule has 0 amide bonds. The highest BCUT2D eigenvalue weighted by atomic mass is 79.9. The van der Waals surface area contributed by atoms with Gasteiger partial charge in [-0.05, 0) is 34.5 Å². The zero-order chi connectivity index (χ0) is 18.2. The van der Waals surface area contributed by atoms with Crippen molar-refractivity contribution >= 4 is 33.2 Å². The van der Waals surface area contributed by atoms with Crippen LogP contribution in [0.2, 0.25) is 0 Å². The van der Waals surface area contributed by atoms with Crippen molar-refractivity contribution < 1.29 is 19.4 Å². The molecule has 0 unspecified atom stereocenters. The number of unbranched alkanes of at least 4 members (excludes halogenated alkanes) is 3. The molecule has 0 saturated heterocycles. The van der Waals surface area contributed by atoms with Crippen molar-refractivity contribution in [2.75, 3.05) is 13.7 Å². The number of methoxy groups -OCH3 is 1. The van der Waals surface area contributed by atoms with Gasteiger partial charge < -0.3 is 14.6 Å². The van der Waals surface area contributed by atoms with E-state index in [1.54, 1.807) is 12.5 Å². The van der Waals surface area contributed by atoms with Gasteiger partial charge in [-0.1, -0.05) is 26.2 Å². The Morgan fingerprint density at radius 1 is 1.32 bits per heavy atom. The molecule has 0 radical (unpaired) electrons. The van der Waals surface area contributed by atoms with Gasteiger partial charge in [0, 0.05) is 10.9 Å². The monoisotopic (exact) mass is 427 g/mol. The van der Waals surface area contributed by atoms with Crippen LogP contribution in [0.1, 0.15) is 38.3 Å². The smallest absolute Gasteiger partial charge is 0.309 e. The van der Waals surface area contributed by atoms with Crippen LogP contribution in [0.25, 0.3) is 10.6 Å². The van der Waals surface area contributed by atoms with Crippen molar-refractivity contribution in [3.63, 3.8) is 0 Å². The molecule has 0 aliphatic heterocycles. The van der Waals surface area contributed by atoms with Crippen molar-refractivity contribution in [1.82, 2.24) is 4.98 Å². The van der Waals surface area contributed by atoms with Crippen LogP contribution >= 0.6 is 27.3 Å². The highest BCUT2D eigenvalue weighted by Crippen LogP contribution is 2.40. The highest BCUT2D eigenvalue weighted by Gasteiger charge is 2.15. The number of rotatable bonds is 10. The quantitative estimate of drug-likeness (QED) is 0.529. The summed E-state index contributed by atoms with van der Waals surface area (Å²) in [6.45, 7) is 2.83. The molecule has 1 aromatic heterocycles. The van der Waals surface area contributed by atoms with E-state index < -0.39 is 5.97 Å². The molecule has 2 rings (SSSR count). The third kappa shape index (κ3) is 5.71. The summed E-state index contributed by atoms with van der Waals surface area (Å²) >= 11 is 4.96. The van der Waals surface area contributed by atoms with E-state index in [2.05, 4.69) is 27.8 Å². The fourth-order valence-corrected chi connectivity index (χ4v) is 3.73. The second kappa shape index (κ2) is 9.77. The summed E-state index contributed by atoms with van der Waals surface area (Å²) in [6.07, 6.45) is 4.49. The first-order chi connectivity index (χ1) is 12.0. The minimum atomic E-state index is -0.887. The largest absolute Gasteiger partial charge is 0.493 e. The van der Waals surface area contributed by atoms with E-state index >= 15 is 0 Å². The van der Waals surface area contributed by atoms with Gasteiger partial charge in [-0.15, -0.1) is 11.3 Å². The maximum Gasteiger partial charge on any atom is 0.309 e. The van der Waals surface area contributed by atoms with Crippen molar-refractivity contribution in [2.45, 2.75) is 39.0 Å². The van der Waals surface area contributed by atoms with Crippen LogP contribution in [0.3, 0.4) is 0 Å². The first-order valence-corrected chi connectivity index (χ1v) is 9.89. The van der Waals surface area contributed by atoms with E-state index in [4.69, 9.17) is 14.6 Å². The molecule has 1 aromatic carbocycles. The summed E-state index contributed by atoms with van der Waals surface area (Å²) in [6, 6.07) is 3.79. The van der Waals surface area contributed by atoms with E-state index in [-0.39, 0.29) is 6.42 Å². The number of aromatic nitrogens is 1. The van der Waals surface area contributed by atoms with Crippen LogP contribution in [0.4, 0.5) is 0 Å². The Hall–Kier alpha value is -1.60. The number of hydrogen-bond donors (Lipinski definition) is 1. The first kappa shape index (κ1) is 19.7. The van der Waals surface area contributed by atoms with E-state index in [0.717, 1.165) is 27.9 Å². The summed E-state index contributed by atoms with van der Waals surface area (Å²) in [5.41, 5.74) is 1.42. The summed E-state index contributed by atoms with van der Waals surface area (Å²) in [4.78, 5) is 15.2. The molecule has 0 spiro atoms. The van der Waals surface area contributed by atoms with Crippen LogP contribution < -0.4 is 9.47 Å². The Morgan fingerprint density at radius 3 is 2.80 bits per heavy atom. The molecular formula is C18H22BrNO4S. The molecule has 0 fully saturated rings. The highest BCUT2D eigenvalue weighted by molar-refractivity contribution is 9.10. The zero-order valence-electron chi connectivity index (χ0n) is 14.4. The van der Waals surface area contributed by atoms with E-state index in [1.165, 1.54) is 24.2 Å². The summed E-state index contributed by atoms with van der Waals surface area (Å²) in [5.74, 6) is 0.433. The lowest BCUT2D eigenvalue weighted by atomic mass is 10.2. The summed E-state index contributed by atoms with van der Waals surface area (Å²) in [5, 5.41) is 11.4. The van der Waals surface area contributed by atoms with E-state index in [0.29, 0.717) is 23.8 Å². The predicted molar refractivity (Wildman–Crippen MR) is 103 cm³/mol. The molecule has 0 saturated carbocycles. The Kier molecular flexibility index (Phi) is 7.71. The topological polar surface area (TPSA) is 68.7 Å². The number of carboxylic acids is 1. The number of hydrogen-bond acceptors (Lipinski definition) is 5. The van der Waals surface area contributed by atoms with Gasteiger partial charge in [0.2, 0.25) is 0 Å². The van der Waals surface area contributed by atoms with Crippen LogP contribution in [-0.2, 0) is 11.2 Å². The number of carboxylic acid groups (broad SMARTS) is 1. The van der Waals surface area contributed by atoms with Gasteiger partial charge in [0.25, 0.3) is 0 Å². The Labute approximate surface area is 160 Å². The van der Waals surface area contributed by atoms with Crippen molar-refractivity contribution in [3.8, 4) is 22.1 Å². The molecule has 1 N–H and O–H groups in total. The van der Waals surface area contributed by atoms with Crippen LogP contribution in [0.15, 0.2) is 22.0 Å². The van der Waals surface area contributed by atoms with Gasteiger partial charge >= 0.3 is 5.97 Å². The Morgan fingerprint density at radius 2 is 2.12 bits per heavy atom. The van der Waals surface area contributed by atoms with Crippen molar-refractivity contribution in [1.29, 1.82) is 0 Å². The fourth-order valence-electron chi connectivity index (χ4n) is 2.36. The number of benzene rings is 1. The van der Waals surface area contributed by atoms with Crippen molar-refractivity contribution in [2.24, 2.45) is 0 Å². The standard InChI is InChI=1S/C18H22BrNO4S/c1-3-4-5-6-7-24-17-14(19)8-12(9-15(17)23-2)18-20-13(11-25-18)10-16(21)22/h8-9,11H,3-7,10H2,1-2H3,(H,21,22). The second-order valence-electron chi connectivity index (χ2n) is 5.61. The third-order valence-corrected chi connectivity index (χ3v) is 5.13. The second-order valence-corrected chi connectivity index (χ2v) is 7.33. The summed E-state index contributed by atoms with van der Waals surface area (Å²) < 4.78 is 12.2. The number of halogens is 1. The average molecular weight is 428 g/mol. The minimum Gasteiger partial charge on any atom is -0.493 e. The SMILES string of the molecule is CCCCCCOc1c(Br)cc(-c2nc(CC(=O)O)cs2)cc1OC. The molecule has 0 atom stereocenters. The Balaban J connectivity index is 2.15. The van der Waals surface area contributed by atoms with E-state index in [9.17, 15) is 4.79 Å². The maximum absolute atomic E-state index is 10.8. The molecule has 25 heavy (non-hydrogen) atoms. The van der Waals surface area contributed by atoms with Gasteiger partial charge in [-0.2, -0.15) is 0 Å². The average Bonchev–Trinajstić information content (AvgIpc) is 3.03. The number of ether oxygens (including phenoxy) is 2. The van der Waals surface area contributed by atoms with Crippen LogP contribution in [-0.4, -0.2) is 29.8 Å². The number of aliphatic carboxylic acids is 1. The van der Waals surface area contributed by atoms with Gasteiger partial charge in [0.1, 0.15) is 5.01 Å². The lowest BCUT2D eigenvalue weighted by Crippen LogP contribution is -2.01. The number of thiazole rings is 1. The molecule has 0 bridgehead atoms. The van der Waals surface area contributed by atoms with Crippen molar-refractivity contribution in [3.05, 3.63) is 27.7 Å². The number of nitrogens with zero attached hydrogens (tertiary/aromatic N) is 1. The molecular weight excluding hydrogens is 406 g/mol. The molecule has 0 aliphatic rings. The van der Waals surface area contributed by atoms with E-state index in [1.807, 2.05) is 12.1 Å². The van der Waals surface area contributed by atoms with Crippen LogP contribution in [0, 0.1) is 0 Å². The molecule has 7 heteroatoms. The molecule has 1 heterocycles. The van der Waals surface area contributed by atoms with Gasteiger partial charge in [0.15, 0.2) is 11.5 Å². The zero-order valence-corrected chi connectivity index (χ0v) is 16.8. The molecule has 0 aliphatic carbocycles. The predicted octanol–water partition coefficient (Wildman–Crippen LogP) is 5.17. The fraction of sp³-hybridized carbons (Fsp3) is 0.444. The van der Waals surface area contributed by atoms with Gasteiger partial charge in [-0.3, -0.25) is 4.79 Å². The molecule has 5 nitrogen and oxygen atoms in total. The first-order valence-electron chi connectivity index (χ1n) is 8.22. The van der Waals surface area contributed by atoms with Gasteiger partial charge in [-0.25, -0.2) is 4.98 Å². The summed E-state index contributed by atoms with van der Waals surface area (Å²) in [7, 11) is 1.60. The van der Waals surface area contributed by atoms with Crippen LogP contribution in [0.5, 0.6) is 11.5 Å². The third-order valence-electron chi connectivity index (χ3n) is 3.60. The van der Waals surface area contributed by atoms with Gasteiger partial charge in [0.05, 0.1) is 30.3 Å². The Bertz CT molecular complexity index is 717. The molecule has 2 aromatic rings. The molecule has 136 valence electrons. The maximum atomic E-state index is 10.8. The lowest BCUT2D eigenvalue weighted by Gasteiger charge is -2.14. The lowest BCUT2D eigenvalue weighted by molar-refractivity contribution is -0.136. The number of carbonyl (C=O) groups is 1. The normalized spacial score (nSPS) is 10.7. The minimum absolute atomic E-state index is 0.0756.